The molecule has 3 heterocycles. The van der Waals surface area contributed by atoms with Gasteiger partial charge in [0.1, 0.15) is 6.61 Å². The van der Waals surface area contributed by atoms with E-state index in [0.717, 1.165) is 50.0 Å². The first-order chi connectivity index (χ1) is 17.9. The van der Waals surface area contributed by atoms with E-state index in [4.69, 9.17) is 33.7 Å². The van der Waals surface area contributed by atoms with Crippen LogP contribution in [0.2, 0.25) is 10.0 Å². The van der Waals surface area contributed by atoms with Crippen molar-refractivity contribution in [2.45, 2.75) is 38.0 Å². The number of aromatic nitrogens is 1. The van der Waals surface area contributed by atoms with E-state index in [1.807, 2.05) is 35.2 Å². The Balaban J connectivity index is 1.27. The number of aliphatic hydroxyl groups is 1. The largest absolute Gasteiger partial charge is 0.485 e. The van der Waals surface area contributed by atoms with Crippen LogP contribution in [0.1, 0.15) is 35.2 Å². The maximum Gasteiger partial charge on any atom is 0.254 e. The van der Waals surface area contributed by atoms with Crippen molar-refractivity contribution in [3.05, 3.63) is 75.9 Å². The van der Waals surface area contributed by atoms with Gasteiger partial charge in [-0.3, -0.25) is 9.69 Å². The zero-order valence-corrected chi connectivity index (χ0v) is 22.0. The maximum atomic E-state index is 13.3. The second-order valence-corrected chi connectivity index (χ2v) is 10.5. The van der Waals surface area contributed by atoms with Crippen molar-refractivity contribution in [3.8, 4) is 16.9 Å². The molecule has 0 saturated carbocycles. The SMILES string of the molecule is Nc1ncc(-c2ccc(C(=O)N3CCC[C@H]3CN3CC[C@@H](O)C3)cc2)cc1OCc1c(Cl)cccc1Cl. The number of hydrogen-bond acceptors (Lipinski definition) is 6. The lowest BCUT2D eigenvalue weighted by Crippen LogP contribution is -2.42. The average molecular weight is 541 g/mol. The molecule has 3 N–H and O–H groups in total. The van der Waals surface area contributed by atoms with Crippen LogP contribution in [0.15, 0.2) is 54.7 Å². The van der Waals surface area contributed by atoms with Gasteiger partial charge in [-0.15, -0.1) is 0 Å². The number of β-amino-alcohol motifs (C(OH)–C–C–N with tert-alkyl or cyclic N) is 1. The zero-order valence-electron chi connectivity index (χ0n) is 20.4. The summed E-state index contributed by atoms with van der Waals surface area (Å²) >= 11 is 12.5. The Kier molecular flexibility index (Phi) is 7.86. The van der Waals surface area contributed by atoms with E-state index in [-0.39, 0.29) is 30.5 Å². The number of carbonyl (C=O) groups is 1. The summed E-state index contributed by atoms with van der Waals surface area (Å²) in [5.41, 5.74) is 9.11. The van der Waals surface area contributed by atoms with E-state index in [1.54, 1.807) is 24.4 Å². The zero-order chi connectivity index (χ0) is 25.9. The minimum Gasteiger partial charge on any atom is -0.485 e. The van der Waals surface area contributed by atoms with Crippen LogP contribution < -0.4 is 10.5 Å². The fourth-order valence-electron chi connectivity index (χ4n) is 5.09. The molecule has 7 nitrogen and oxygen atoms in total. The normalized spacial score (nSPS) is 19.9. The van der Waals surface area contributed by atoms with E-state index in [2.05, 4.69) is 9.88 Å². The number of benzene rings is 2. The predicted octanol–water partition coefficient (Wildman–Crippen LogP) is 4.89. The molecule has 3 aromatic rings. The summed E-state index contributed by atoms with van der Waals surface area (Å²) in [6.07, 6.45) is 4.24. The number of pyridine rings is 1. The standard InChI is InChI=1S/C28H30Cl2N4O3/c29-24-4-1-5-25(30)23(24)17-37-26-13-20(14-32-27(26)31)18-6-8-19(9-7-18)28(36)34-11-2-3-21(34)15-33-12-10-22(35)16-33/h1,4-9,13-14,21-22,35H,2-3,10-12,15-17H2,(H2,31,32)/t21-,22+/m0/s1. The fourth-order valence-corrected chi connectivity index (χ4v) is 5.60. The van der Waals surface area contributed by atoms with Crippen LogP contribution in [-0.2, 0) is 6.61 Å². The highest BCUT2D eigenvalue weighted by Gasteiger charge is 2.32. The van der Waals surface area contributed by atoms with Crippen molar-refractivity contribution in [1.29, 1.82) is 0 Å². The Labute approximate surface area is 226 Å². The molecule has 0 bridgehead atoms. The molecule has 2 aliphatic rings. The Bertz CT molecular complexity index is 1250. The van der Waals surface area contributed by atoms with Gasteiger partial charge in [-0.2, -0.15) is 0 Å². The summed E-state index contributed by atoms with van der Waals surface area (Å²) < 4.78 is 5.91. The number of anilines is 1. The number of hydrogen-bond donors (Lipinski definition) is 2. The molecule has 9 heteroatoms. The molecule has 194 valence electrons. The Hall–Kier alpha value is -2.84. The third kappa shape index (κ3) is 5.85. The van der Waals surface area contributed by atoms with Crippen LogP contribution in [0.25, 0.3) is 11.1 Å². The molecule has 0 spiro atoms. The second kappa shape index (κ2) is 11.3. The summed E-state index contributed by atoms with van der Waals surface area (Å²) in [7, 11) is 0. The summed E-state index contributed by atoms with van der Waals surface area (Å²) in [4.78, 5) is 21.8. The van der Waals surface area contributed by atoms with Gasteiger partial charge in [-0.25, -0.2) is 4.98 Å². The molecule has 2 aliphatic heterocycles. The lowest BCUT2D eigenvalue weighted by atomic mass is 10.0. The van der Waals surface area contributed by atoms with Crippen LogP contribution in [0, 0.1) is 0 Å². The van der Waals surface area contributed by atoms with Gasteiger partial charge in [0.25, 0.3) is 5.91 Å². The number of nitrogens with two attached hydrogens (primary N) is 1. The lowest BCUT2D eigenvalue weighted by Gasteiger charge is -2.28. The molecule has 1 amide bonds. The second-order valence-electron chi connectivity index (χ2n) is 9.67. The monoisotopic (exact) mass is 540 g/mol. The predicted molar refractivity (Wildman–Crippen MR) is 146 cm³/mol. The van der Waals surface area contributed by atoms with Crippen molar-refractivity contribution in [2.75, 3.05) is 31.9 Å². The molecule has 0 unspecified atom stereocenters. The molecule has 1 aromatic heterocycles. The first kappa shape index (κ1) is 25.8. The number of ether oxygens (including phenoxy) is 1. The van der Waals surface area contributed by atoms with E-state index in [9.17, 15) is 9.90 Å². The summed E-state index contributed by atoms with van der Waals surface area (Å²) in [5, 5.41) is 10.9. The molecule has 2 saturated heterocycles. The van der Waals surface area contributed by atoms with Gasteiger partial charge >= 0.3 is 0 Å². The first-order valence-corrected chi connectivity index (χ1v) is 13.3. The average Bonchev–Trinajstić information content (AvgIpc) is 3.53. The van der Waals surface area contributed by atoms with Crippen LogP contribution in [-0.4, -0.2) is 64.1 Å². The summed E-state index contributed by atoms with van der Waals surface area (Å²) in [6, 6.07) is 14.8. The number of rotatable bonds is 7. The minimum absolute atomic E-state index is 0.0462. The van der Waals surface area contributed by atoms with Gasteiger partial charge in [-0.05, 0) is 55.2 Å². The van der Waals surface area contributed by atoms with Crippen molar-refractivity contribution in [2.24, 2.45) is 0 Å². The number of likely N-dealkylation sites (tertiary alicyclic amines) is 2. The molecule has 37 heavy (non-hydrogen) atoms. The van der Waals surface area contributed by atoms with Crippen molar-refractivity contribution >= 4 is 34.9 Å². The molecule has 5 rings (SSSR count). The molecule has 0 aliphatic carbocycles. The summed E-state index contributed by atoms with van der Waals surface area (Å²) in [5.74, 6) is 0.745. The molecule has 2 aromatic carbocycles. The Morgan fingerprint density at radius 2 is 1.84 bits per heavy atom. The fraction of sp³-hybridized carbons (Fsp3) is 0.357. The summed E-state index contributed by atoms with van der Waals surface area (Å²) in [6.45, 7) is 3.33. The van der Waals surface area contributed by atoms with Crippen LogP contribution >= 0.6 is 23.2 Å². The Morgan fingerprint density at radius 3 is 2.54 bits per heavy atom. The van der Waals surface area contributed by atoms with Crippen LogP contribution in [0.4, 0.5) is 5.82 Å². The number of nitrogen functional groups attached to an aromatic ring is 1. The van der Waals surface area contributed by atoms with Gasteiger partial charge in [-0.1, -0.05) is 41.4 Å². The van der Waals surface area contributed by atoms with Crippen molar-refractivity contribution < 1.29 is 14.6 Å². The van der Waals surface area contributed by atoms with Crippen LogP contribution in [0.5, 0.6) is 5.75 Å². The van der Waals surface area contributed by atoms with Gasteiger partial charge in [0.05, 0.1) is 6.10 Å². The van der Waals surface area contributed by atoms with Crippen molar-refractivity contribution in [1.82, 2.24) is 14.8 Å². The number of amides is 1. The Morgan fingerprint density at radius 1 is 1.08 bits per heavy atom. The maximum absolute atomic E-state index is 13.3. The molecule has 0 radical (unpaired) electrons. The minimum atomic E-state index is -0.249. The van der Waals surface area contributed by atoms with E-state index >= 15 is 0 Å². The quantitative estimate of drug-likeness (QED) is 0.443. The third-order valence-corrected chi connectivity index (χ3v) is 7.84. The first-order valence-electron chi connectivity index (χ1n) is 12.5. The highest BCUT2D eigenvalue weighted by atomic mass is 35.5. The van der Waals surface area contributed by atoms with E-state index in [1.165, 1.54) is 0 Å². The number of halogens is 2. The molecule has 2 fully saturated rings. The van der Waals surface area contributed by atoms with Crippen LogP contribution in [0.3, 0.4) is 0 Å². The lowest BCUT2D eigenvalue weighted by molar-refractivity contribution is 0.0703. The van der Waals surface area contributed by atoms with Crippen molar-refractivity contribution in [3.63, 3.8) is 0 Å². The van der Waals surface area contributed by atoms with Gasteiger partial charge in [0.15, 0.2) is 11.6 Å². The number of carbonyl (C=O) groups excluding carboxylic acids is 1. The number of nitrogens with zero attached hydrogens (tertiary/aromatic N) is 3. The van der Waals surface area contributed by atoms with E-state index in [0.29, 0.717) is 33.5 Å². The molecular formula is C28H30Cl2N4O3. The van der Waals surface area contributed by atoms with Gasteiger partial charge in [0, 0.05) is 65.2 Å². The highest BCUT2D eigenvalue weighted by molar-refractivity contribution is 6.35. The highest BCUT2D eigenvalue weighted by Crippen LogP contribution is 2.31. The third-order valence-electron chi connectivity index (χ3n) is 7.14. The molecular weight excluding hydrogens is 511 g/mol. The smallest absolute Gasteiger partial charge is 0.254 e. The van der Waals surface area contributed by atoms with Gasteiger partial charge in [0.2, 0.25) is 0 Å². The van der Waals surface area contributed by atoms with Gasteiger partial charge < -0.3 is 20.5 Å². The topological polar surface area (TPSA) is 91.9 Å². The van der Waals surface area contributed by atoms with E-state index < -0.39 is 0 Å². The number of aliphatic hydroxyl groups excluding tert-OH is 1. The molecule has 2 atom stereocenters.